The second-order valence-corrected chi connectivity index (χ2v) is 8.26. The van der Waals surface area contributed by atoms with E-state index in [0.717, 1.165) is 0 Å². The van der Waals surface area contributed by atoms with E-state index in [0.29, 0.717) is 32.1 Å². The summed E-state index contributed by atoms with van der Waals surface area (Å²) < 4.78 is 0. The second kappa shape index (κ2) is 6.54. The first-order valence-corrected chi connectivity index (χ1v) is 8.58. The highest BCUT2D eigenvalue weighted by Crippen LogP contribution is 2.51. The lowest BCUT2D eigenvalue weighted by Gasteiger charge is -2.48. The van der Waals surface area contributed by atoms with Crippen LogP contribution in [0.5, 0.6) is 0 Å². The zero-order chi connectivity index (χ0) is 17.3. The molecule has 1 N–H and O–H groups in total. The van der Waals surface area contributed by atoms with Crippen LogP contribution in [0.15, 0.2) is 12.2 Å². The largest absolute Gasteiger partial charge is 0.465 e. The van der Waals surface area contributed by atoms with Gasteiger partial charge in [-0.3, -0.25) is 4.79 Å². The molecule has 2 fully saturated rings. The van der Waals surface area contributed by atoms with Gasteiger partial charge in [0.1, 0.15) is 0 Å². The summed E-state index contributed by atoms with van der Waals surface area (Å²) >= 11 is 0. The normalized spacial score (nSPS) is 24.9. The van der Waals surface area contributed by atoms with Crippen molar-refractivity contribution in [1.82, 2.24) is 9.80 Å². The van der Waals surface area contributed by atoms with Gasteiger partial charge in [-0.2, -0.15) is 0 Å². The summed E-state index contributed by atoms with van der Waals surface area (Å²) in [6.45, 7) is 10.9. The Morgan fingerprint density at radius 3 is 1.91 bits per heavy atom. The van der Waals surface area contributed by atoms with Crippen molar-refractivity contribution < 1.29 is 14.7 Å². The Morgan fingerprint density at radius 1 is 0.957 bits per heavy atom. The second-order valence-electron chi connectivity index (χ2n) is 8.26. The standard InChI is InChI=1S/C18H30N2O3/c1-17(2)8-5-9-18(3,4)14(17)6-7-15(21)19-10-12-20(13-11-19)16(22)23/h6-7,14H,5,8-13H2,1-4H3,(H,22,23). The molecular weight excluding hydrogens is 292 g/mol. The summed E-state index contributed by atoms with van der Waals surface area (Å²) in [6, 6.07) is 0. The molecular formula is C18H30N2O3. The van der Waals surface area contributed by atoms with E-state index in [9.17, 15) is 9.59 Å². The van der Waals surface area contributed by atoms with Crippen LogP contribution in [0.3, 0.4) is 0 Å². The van der Waals surface area contributed by atoms with Crippen LogP contribution in [-0.4, -0.2) is 53.1 Å². The van der Waals surface area contributed by atoms with E-state index in [1.807, 2.05) is 0 Å². The number of nitrogens with zero attached hydrogens (tertiary/aromatic N) is 2. The number of carboxylic acid groups (broad SMARTS) is 1. The molecule has 1 saturated heterocycles. The molecule has 1 aliphatic heterocycles. The summed E-state index contributed by atoms with van der Waals surface area (Å²) in [5, 5.41) is 8.96. The Kier molecular flexibility index (Phi) is 5.07. The summed E-state index contributed by atoms with van der Waals surface area (Å²) in [4.78, 5) is 26.4. The fourth-order valence-corrected chi connectivity index (χ4v) is 4.29. The number of hydrogen-bond donors (Lipinski definition) is 1. The van der Waals surface area contributed by atoms with Gasteiger partial charge in [-0.05, 0) is 35.7 Å². The molecule has 23 heavy (non-hydrogen) atoms. The molecule has 0 spiro atoms. The van der Waals surface area contributed by atoms with Crippen LogP contribution < -0.4 is 0 Å². The number of carbonyl (C=O) groups is 2. The first kappa shape index (κ1) is 17.8. The maximum Gasteiger partial charge on any atom is 0.407 e. The molecule has 130 valence electrons. The summed E-state index contributed by atoms with van der Waals surface area (Å²) in [5.41, 5.74) is 0.418. The fourth-order valence-electron chi connectivity index (χ4n) is 4.29. The van der Waals surface area contributed by atoms with E-state index >= 15 is 0 Å². The Morgan fingerprint density at radius 2 is 1.43 bits per heavy atom. The topological polar surface area (TPSA) is 60.9 Å². The average molecular weight is 322 g/mol. The van der Waals surface area contributed by atoms with Crippen molar-refractivity contribution in [1.29, 1.82) is 0 Å². The first-order valence-electron chi connectivity index (χ1n) is 8.58. The third kappa shape index (κ3) is 4.06. The Labute approximate surface area is 139 Å². The van der Waals surface area contributed by atoms with Crippen LogP contribution in [0, 0.1) is 16.7 Å². The molecule has 0 atom stereocenters. The van der Waals surface area contributed by atoms with E-state index < -0.39 is 6.09 Å². The van der Waals surface area contributed by atoms with Gasteiger partial charge in [-0.15, -0.1) is 0 Å². The predicted molar refractivity (Wildman–Crippen MR) is 90.2 cm³/mol. The van der Waals surface area contributed by atoms with E-state index in [2.05, 4.69) is 33.8 Å². The zero-order valence-electron chi connectivity index (χ0n) is 14.8. The molecule has 1 saturated carbocycles. The van der Waals surface area contributed by atoms with E-state index in [1.165, 1.54) is 24.2 Å². The highest BCUT2D eigenvalue weighted by Gasteiger charge is 2.42. The van der Waals surface area contributed by atoms with Crippen molar-refractivity contribution in [3.8, 4) is 0 Å². The first-order chi connectivity index (χ1) is 10.6. The van der Waals surface area contributed by atoms with Crippen molar-refractivity contribution in [3.05, 3.63) is 12.2 Å². The van der Waals surface area contributed by atoms with Gasteiger partial charge >= 0.3 is 6.09 Å². The number of hydrogen-bond acceptors (Lipinski definition) is 2. The molecule has 2 rings (SSSR count). The van der Waals surface area contributed by atoms with Crippen LogP contribution in [0.4, 0.5) is 4.79 Å². The molecule has 2 amide bonds. The summed E-state index contributed by atoms with van der Waals surface area (Å²) in [5.74, 6) is 0.389. The number of amides is 2. The van der Waals surface area contributed by atoms with E-state index in [1.54, 1.807) is 11.0 Å². The van der Waals surface area contributed by atoms with Crippen molar-refractivity contribution in [3.63, 3.8) is 0 Å². The molecule has 1 heterocycles. The van der Waals surface area contributed by atoms with Gasteiger partial charge in [0, 0.05) is 26.2 Å². The monoisotopic (exact) mass is 322 g/mol. The van der Waals surface area contributed by atoms with Gasteiger partial charge in [-0.1, -0.05) is 40.2 Å². The fraction of sp³-hybridized carbons (Fsp3) is 0.778. The Bertz CT molecular complexity index is 472. The lowest BCUT2D eigenvalue weighted by molar-refractivity contribution is -0.127. The molecule has 2 aliphatic rings. The summed E-state index contributed by atoms with van der Waals surface area (Å²) in [7, 11) is 0. The molecule has 5 nitrogen and oxygen atoms in total. The molecule has 0 aromatic heterocycles. The third-order valence-electron chi connectivity index (χ3n) is 5.62. The maximum absolute atomic E-state index is 12.4. The lowest BCUT2D eigenvalue weighted by atomic mass is 9.57. The third-order valence-corrected chi connectivity index (χ3v) is 5.62. The number of rotatable bonds is 2. The number of carbonyl (C=O) groups excluding carboxylic acids is 1. The Hall–Kier alpha value is -1.52. The van der Waals surface area contributed by atoms with Gasteiger partial charge in [0.15, 0.2) is 0 Å². The van der Waals surface area contributed by atoms with Gasteiger partial charge in [-0.25, -0.2) is 4.79 Å². The molecule has 0 radical (unpaired) electrons. The molecule has 0 bridgehead atoms. The van der Waals surface area contributed by atoms with Crippen LogP contribution in [0.1, 0.15) is 47.0 Å². The quantitative estimate of drug-likeness (QED) is 0.794. The minimum atomic E-state index is -0.904. The Balaban J connectivity index is 1.99. The molecule has 5 heteroatoms. The van der Waals surface area contributed by atoms with Crippen molar-refractivity contribution >= 4 is 12.0 Å². The van der Waals surface area contributed by atoms with Crippen LogP contribution in [0.2, 0.25) is 0 Å². The van der Waals surface area contributed by atoms with Crippen molar-refractivity contribution in [2.75, 3.05) is 26.2 Å². The van der Waals surface area contributed by atoms with Crippen LogP contribution in [-0.2, 0) is 4.79 Å². The van der Waals surface area contributed by atoms with Gasteiger partial charge < -0.3 is 14.9 Å². The van der Waals surface area contributed by atoms with Crippen LogP contribution in [0.25, 0.3) is 0 Å². The minimum Gasteiger partial charge on any atom is -0.465 e. The van der Waals surface area contributed by atoms with Gasteiger partial charge in [0.2, 0.25) is 5.91 Å². The van der Waals surface area contributed by atoms with Crippen molar-refractivity contribution in [2.45, 2.75) is 47.0 Å². The van der Waals surface area contributed by atoms with E-state index in [4.69, 9.17) is 5.11 Å². The molecule has 1 aliphatic carbocycles. The molecule has 0 aromatic rings. The number of piperazine rings is 1. The maximum atomic E-state index is 12.4. The van der Waals surface area contributed by atoms with E-state index in [-0.39, 0.29) is 16.7 Å². The van der Waals surface area contributed by atoms with Crippen molar-refractivity contribution in [2.24, 2.45) is 16.7 Å². The molecule has 0 unspecified atom stereocenters. The minimum absolute atomic E-state index is 0.00668. The predicted octanol–water partition coefficient (Wildman–Crippen LogP) is 3.22. The van der Waals surface area contributed by atoms with Crippen LogP contribution >= 0.6 is 0 Å². The SMILES string of the molecule is CC1(C)CCCC(C)(C)C1C=CC(=O)N1CCN(C(=O)O)CC1. The molecule has 0 aromatic carbocycles. The highest BCUT2D eigenvalue weighted by molar-refractivity contribution is 5.87. The van der Waals surface area contributed by atoms with Gasteiger partial charge in [0.05, 0.1) is 0 Å². The average Bonchev–Trinajstić information content (AvgIpc) is 2.45. The zero-order valence-corrected chi connectivity index (χ0v) is 14.8. The highest BCUT2D eigenvalue weighted by atomic mass is 16.4. The van der Waals surface area contributed by atoms with Gasteiger partial charge in [0.25, 0.3) is 0 Å². The number of allylic oxidation sites excluding steroid dienone is 1. The summed E-state index contributed by atoms with van der Waals surface area (Å²) in [6.07, 6.45) is 6.54. The lowest BCUT2D eigenvalue weighted by Crippen LogP contribution is -2.50. The smallest absolute Gasteiger partial charge is 0.407 e.